The van der Waals surface area contributed by atoms with E-state index in [0.717, 1.165) is 36.5 Å². The molecule has 0 aliphatic rings. The maximum Gasteiger partial charge on any atom is 0.251 e. The van der Waals surface area contributed by atoms with Crippen LogP contribution in [0.15, 0.2) is 54.7 Å². The zero-order valence-corrected chi connectivity index (χ0v) is 16.0. The summed E-state index contributed by atoms with van der Waals surface area (Å²) < 4.78 is 5.40. The van der Waals surface area contributed by atoms with Crippen LogP contribution in [0.2, 0.25) is 0 Å². The summed E-state index contributed by atoms with van der Waals surface area (Å²) in [5.74, 6) is 2.20. The van der Waals surface area contributed by atoms with Crippen molar-refractivity contribution in [2.75, 3.05) is 30.4 Å². The fourth-order valence-corrected chi connectivity index (χ4v) is 2.96. The Balaban J connectivity index is 1.69. The molecule has 1 N–H and O–H groups in total. The Labute approximate surface area is 160 Å². The van der Waals surface area contributed by atoms with Crippen LogP contribution >= 0.6 is 0 Å². The minimum Gasteiger partial charge on any atom is -0.496 e. The first-order chi connectivity index (χ1) is 13.2. The molecule has 0 spiro atoms. The molecule has 0 radical (unpaired) electrons. The number of aryl methyl sites for hydroxylation is 1. The molecule has 0 fully saturated rings. The van der Waals surface area contributed by atoms with E-state index in [0.29, 0.717) is 11.8 Å². The van der Waals surface area contributed by atoms with Crippen molar-refractivity contribution >= 4 is 17.5 Å². The van der Waals surface area contributed by atoms with Crippen molar-refractivity contribution in [3.8, 4) is 5.75 Å². The van der Waals surface area contributed by atoms with Gasteiger partial charge in [0.25, 0.3) is 5.95 Å². The molecule has 2 aromatic carbocycles. The Hall–Kier alpha value is -3.15. The maximum absolute atomic E-state index is 5.40. The molecule has 0 saturated heterocycles. The lowest BCUT2D eigenvalue weighted by atomic mass is 10.1. The lowest BCUT2D eigenvalue weighted by molar-refractivity contribution is 0.410. The number of benzene rings is 2. The van der Waals surface area contributed by atoms with Crippen LogP contribution in [0.4, 0.5) is 17.5 Å². The number of aromatic nitrogens is 3. The third-order valence-corrected chi connectivity index (χ3v) is 4.31. The number of nitrogens with one attached hydrogen (secondary N) is 1. The molecule has 3 aromatic rings. The molecule has 1 heterocycles. The zero-order chi connectivity index (χ0) is 19.1. The smallest absolute Gasteiger partial charge is 0.251 e. The van der Waals surface area contributed by atoms with E-state index in [1.807, 2.05) is 29.2 Å². The van der Waals surface area contributed by atoms with Crippen molar-refractivity contribution in [1.82, 2.24) is 15.2 Å². The van der Waals surface area contributed by atoms with Crippen LogP contribution in [0.25, 0.3) is 0 Å². The molecule has 6 heteroatoms. The van der Waals surface area contributed by atoms with Crippen LogP contribution in [-0.4, -0.2) is 35.4 Å². The summed E-state index contributed by atoms with van der Waals surface area (Å²) in [6, 6.07) is 16.3. The highest BCUT2D eigenvalue weighted by molar-refractivity contribution is 5.58. The molecule has 27 heavy (non-hydrogen) atoms. The number of nitrogens with zero attached hydrogens (tertiary/aromatic N) is 4. The van der Waals surface area contributed by atoms with Crippen LogP contribution in [-0.2, 0) is 6.42 Å². The van der Waals surface area contributed by atoms with Crippen molar-refractivity contribution in [3.05, 3.63) is 65.9 Å². The fraction of sp³-hybridized carbons (Fsp3) is 0.286. The average Bonchev–Trinajstić information content (AvgIpc) is 2.69. The second kappa shape index (κ2) is 8.98. The Morgan fingerprint density at radius 2 is 1.96 bits per heavy atom. The fourth-order valence-electron chi connectivity index (χ4n) is 2.96. The van der Waals surface area contributed by atoms with E-state index >= 15 is 0 Å². The molecule has 0 aliphatic heterocycles. The first-order valence-corrected chi connectivity index (χ1v) is 9.11. The molecule has 0 saturated carbocycles. The first-order valence-electron chi connectivity index (χ1n) is 9.11. The van der Waals surface area contributed by atoms with Gasteiger partial charge in [0.1, 0.15) is 5.75 Å². The highest BCUT2D eigenvalue weighted by atomic mass is 16.5. The first kappa shape index (κ1) is 18.6. The van der Waals surface area contributed by atoms with Gasteiger partial charge in [-0.15, -0.1) is 5.10 Å². The summed E-state index contributed by atoms with van der Waals surface area (Å²) in [6.07, 6.45) is 2.48. The quantitative estimate of drug-likeness (QED) is 0.653. The maximum atomic E-state index is 5.40. The Kier molecular flexibility index (Phi) is 6.20. The van der Waals surface area contributed by atoms with Gasteiger partial charge in [0.2, 0.25) is 0 Å². The standard InChI is InChI=1S/C21H25N5O/c1-4-26(18-10-7-8-16(2)14-18)21-24-20(15-23-25-21)22-13-12-17-9-5-6-11-19(17)27-3/h5-11,14-15H,4,12-13H2,1-3H3,(H,22,24,25). The van der Waals surface area contributed by atoms with Crippen molar-refractivity contribution in [2.45, 2.75) is 20.3 Å². The summed E-state index contributed by atoms with van der Waals surface area (Å²) in [5.41, 5.74) is 3.42. The molecule has 1 aromatic heterocycles. The molecule has 0 amide bonds. The Morgan fingerprint density at radius 1 is 1.11 bits per heavy atom. The largest absolute Gasteiger partial charge is 0.496 e. The second-order valence-corrected chi connectivity index (χ2v) is 6.21. The molecule has 0 atom stereocenters. The zero-order valence-electron chi connectivity index (χ0n) is 16.0. The van der Waals surface area contributed by atoms with Crippen molar-refractivity contribution in [2.24, 2.45) is 0 Å². The van der Waals surface area contributed by atoms with E-state index in [1.54, 1.807) is 13.3 Å². The SMILES string of the molecule is CCN(c1cccc(C)c1)c1nncc(NCCc2ccccc2OC)n1. The van der Waals surface area contributed by atoms with E-state index in [-0.39, 0.29) is 0 Å². The van der Waals surface area contributed by atoms with Gasteiger partial charge in [-0.25, -0.2) is 0 Å². The topological polar surface area (TPSA) is 63.2 Å². The highest BCUT2D eigenvalue weighted by Crippen LogP contribution is 2.23. The van der Waals surface area contributed by atoms with Gasteiger partial charge in [0.05, 0.1) is 13.3 Å². The molecule has 3 rings (SSSR count). The van der Waals surface area contributed by atoms with Crippen LogP contribution in [0.5, 0.6) is 5.75 Å². The molecular formula is C21H25N5O. The molecule has 0 unspecified atom stereocenters. The minimum absolute atomic E-state index is 0.588. The summed E-state index contributed by atoms with van der Waals surface area (Å²) in [4.78, 5) is 6.68. The van der Waals surface area contributed by atoms with Gasteiger partial charge >= 0.3 is 0 Å². The molecule has 0 aliphatic carbocycles. The Bertz CT molecular complexity index is 884. The lowest BCUT2D eigenvalue weighted by Crippen LogP contribution is -2.20. The summed E-state index contributed by atoms with van der Waals surface area (Å²) in [7, 11) is 1.69. The second-order valence-electron chi connectivity index (χ2n) is 6.21. The van der Waals surface area contributed by atoms with Gasteiger partial charge in [-0.1, -0.05) is 30.3 Å². The van der Waals surface area contributed by atoms with E-state index in [4.69, 9.17) is 4.74 Å². The van der Waals surface area contributed by atoms with Gasteiger partial charge < -0.3 is 15.0 Å². The monoisotopic (exact) mass is 363 g/mol. The number of anilines is 3. The number of ether oxygens (including phenoxy) is 1. The van der Waals surface area contributed by atoms with Crippen molar-refractivity contribution in [1.29, 1.82) is 0 Å². The number of hydrogen-bond donors (Lipinski definition) is 1. The summed E-state index contributed by atoms with van der Waals surface area (Å²) in [5, 5.41) is 11.7. The third-order valence-electron chi connectivity index (χ3n) is 4.31. The van der Waals surface area contributed by atoms with Gasteiger partial charge in [-0.2, -0.15) is 10.1 Å². The highest BCUT2D eigenvalue weighted by Gasteiger charge is 2.12. The van der Waals surface area contributed by atoms with Crippen LogP contribution < -0.4 is 15.0 Å². The summed E-state index contributed by atoms with van der Waals surface area (Å²) in [6.45, 7) is 5.64. The average molecular weight is 363 g/mol. The van der Waals surface area contributed by atoms with Crippen LogP contribution in [0.1, 0.15) is 18.1 Å². The van der Waals surface area contributed by atoms with E-state index < -0.39 is 0 Å². The number of hydrogen-bond acceptors (Lipinski definition) is 6. The molecule has 140 valence electrons. The number of methoxy groups -OCH3 is 1. The minimum atomic E-state index is 0.588. The Morgan fingerprint density at radius 3 is 2.74 bits per heavy atom. The third kappa shape index (κ3) is 4.73. The number of para-hydroxylation sites is 1. The lowest BCUT2D eigenvalue weighted by Gasteiger charge is -2.21. The van der Waals surface area contributed by atoms with Gasteiger partial charge in [0, 0.05) is 18.8 Å². The van der Waals surface area contributed by atoms with Crippen LogP contribution in [0.3, 0.4) is 0 Å². The van der Waals surface area contributed by atoms with E-state index in [1.165, 1.54) is 5.56 Å². The summed E-state index contributed by atoms with van der Waals surface area (Å²) >= 11 is 0. The molecule has 6 nitrogen and oxygen atoms in total. The van der Waals surface area contributed by atoms with Crippen molar-refractivity contribution in [3.63, 3.8) is 0 Å². The van der Waals surface area contributed by atoms with E-state index in [9.17, 15) is 0 Å². The molecular weight excluding hydrogens is 338 g/mol. The van der Waals surface area contributed by atoms with Crippen molar-refractivity contribution < 1.29 is 4.74 Å². The predicted molar refractivity (Wildman–Crippen MR) is 109 cm³/mol. The van der Waals surface area contributed by atoms with E-state index in [2.05, 4.69) is 58.6 Å². The number of rotatable bonds is 8. The predicted octanol–water partition coefficient (Wildman–Crippen LogP) is 4.00. The van der Waals surface area contributed by atoms with Gasteiger partial charge in [-0.05, 0) is 49.6 Å². The normalized spacial score (nSPS) is 10.5. The van der Waals surface area contributed by atoms with Gasteiger partial charge in [-0.3, -0.25) is 0 Å². The van der Waals surface area contributed by atoms with Gasteiger partial charge in [0.15, 0.2) is 5.82 Å². The molecule has 0 bridgehead atoms. The van der Waals surface area contributed by atoms with Crippen LogP contribution in [0, 0.1) is 6.92 Å².